The van der Waals surface area contributed by atoms with Crippen molar-refractivity contribution in [2.75, 3.05) is 26.2 Å². The Balaban J connectivity index is 1.77. The molecule has 0 spiro atoms. The fraction of sp³-hybridized carbons (Fsp3) is 0.263. The van der Waals surface area contributed by atoms with E-state index in [0.717, 1.165) is 0 Å². The number of hydrogen-bond acceptors (Lipinski definition) is 6. The Morgan fingerprint density at radius 1 is 1.10 bits per heavy atom. The zero-order valence-corrected chi connectivity index (χ0v) is 16.4. The Hall–Kier alpha value is -3.29. The van der Waals surface area contributed by atoms with E-state index >= 15 is 0 Å². The first-order valence-corrected chi connectivity index (χ1v) is 10.2. The SMILES string of the molecule is Cc1c(C(=O)N2CCN(S(=O)(=O)c3ccccc3C#N)CC2)cccc1[N+](=O)[O-]. The van der Waals surface area contributed by atoms with E-state index in [0.29, 0.717) is 0 Å². The maximum absolute atomic E-state index is 12.9. The minimum atomic E-state index is -3.86. The first-order chi connectivity index (χ1) is 13.8. The van der Waals surface area contributed by atoms with Crippen molar-refractivity contribution >= 4 is 21.6 Å². The highest BCUT2D eigenvalue weighted by atomic mass is 32.2. The molecule has 9 nitrogen and oxygen atoms in total. The van der Waals surface area contributed by atoms with Crippen LogP contribution in [0.1, 0.15) is 21.5 Å². The Labute approximate surface area is 168 Å². The lowest BCUT2D eigenvalue weighted by Crippen LogP contribution is -2.50. The van der Waals surface area contributed by atoms with Gasteiger partial charge in [0, 0.05) is 43.4 Å². The number of nitro groups is 1. The van der Waals surface area contributed by atoms with E-state index < -0.39 is 14.9 Å². The predicted octanol–water partition coefficient (Wildman–Crippen LogP) is 1.92. The van der Waals surface area contributed by atoms with Crippen LogP contribution in [0.25, 0.3) is 0 Å². The van der Waals surface area contributed by atoms with Gasteiger partial charge in [-0.15, -0.1) is 0 Å². The molecule has 1 amide bonds. The molecule has 0 N–H and O–H groups in total. The molecule has 0 aromatic heterocycles. The zero-order valence-electron chi connectivity index (χ0n) is 15.6. The number of nitriles is 1. The van der Waals surface area contributed by atoms with Crippen molar-refractivity contribution in [1.29, 1.82) is 5.26 Å². The Morgan fingerprint density at radius 3 is 2.38 bits per heavy atom. The highest BCUT2D eigenvalue weighted by Gasteiger charge is 2.32. The van der Waals surface area contributed by atoms with Crippen LogP contribution in [0.15, 0.2) is 47.4 Å². The van der Waals surface area contributed by atoms with Gasteiger partial charge in [-0.3, -0.25) is 14.9 Å². The molecular weight excluding hydrogens is 396 g/mol. The van der Waals surface area contributed by atoms with Gasteiger partial charge in [0.25, 0.3) is 11.6 Å². The number of rotatable bonds is 4. The molecule has 2 aromatic carbocycles. The smallest absolute Gasteiger partial charge is 0.273 e. The quantitative estimate of drug-likeness (QED) is 0.556. The van der Waals surface area contributed by atoms with Crippen LogP contribution >= 0.6 is 0 Å². The molecule has 0 radical (unpaired) electrons. The molecule has 150 valence electrons. The van der Waals surface area contributed by atoms with Crippen LogP contribution in [-0.2, 0) is 10.0 Å². The van der Waals surface area contributed by atoms with E-state index in [1.165, 1.54) is 46.5 Å². The van der Waals surface area contributed by atoms with Crippen LogP contribution < -0.4 is 0 Å². The number of nitrogens with zero attached hydrogens (tertiary/aromatic N) is 4. The molecule has 0 unspecified atom stereocenters. The predicted molar refractivity (Wildman–Crippen MR) is 104 cm³/mol. The summed E-state index contributed by atoms with van der Waals surface area (Å²) >= 11 is 0. The molecule has 1 heterocycles. The van der Waals surface area contributed by atoms with Gasteiger partial charge in [0.15, 0.2) is 0 Å². The maximum Gasteiger partial charge on any atom is 0.273 e. The largest absolute Gasteiger partial charge is 0.336 e. The maximum atomic E-state index is 12.9. The molecule has 1 fully saturated rings. The average molecular weight is 414 g/mol. The van der Waals surface area contributed by atoms with E-state index in [1.54, 1.807) is 12.1 Å². The zero-order chi connectivity index (χ0) is 21.2. The molecular formula is C19H18N4O5S. The van der Waals surface area contributed by atoms with Gasteiger partial charge in [-0.25, -0.2) is 8.42 Å². The number of amides is 1. The first kappa shape index (κ1) is 20.4. The summed E-state index contributed by atoms with van der Waals surface area (Å²) in [6, 6.07) is 12.2. The van der Waals surface area contributed by atoms with Gasteiger partial charge in [-0.1, -0.05) is 18.2 Å². The van der Waals surface area contributed by atoms with Crippen molar-refractivity contribution in [2.24, 2.45) is 0 Å². The third-order valence-electron chi connectivity index (χ3n) is 4.88. The number of sulfonamides is 1. The Kier molecular flexibility index (Phi) is 5.63. The second-order valence-corrected chi connectivity index (χ2v) is 8.42. The van der Waals surface area contributed by atoms with E-state index in [1.807, 2.05) is 6.07 Å². The molecule has 0 saturated carbocycles. The highest BCUT2D eigenvalue weighted by Crippen LogP contribution is 2.24. The standard InChI is InChI=1S/C19H18N4O5S/c1-14-16(6-4-7-17(14)23(25)26)19(24)21-9-11-22(12-10-21)29(27,28)18-8-3-2-5-15(18)13-20/h2-8H,9-12H2,1H3. The topological polar surface area (TPSA) is 125 Å². The van der Waals surface area contributed by atoms with Crippen molar-refractivity contribution in [3.63, 3.8) is 0 Å². The summed E-state index contributed by atoms with van der Waals surface area (Å²) in [7, 11) is -3.86. The minimum absolute atomic E-state index is 0.0585. The van der Waals surface area contributed by atoms with Crippen LogP contribution in [0.3, 0.4) is 0 Å². The molecule has 1 saturated heterocycles. The molecule has 29 heavy (non-hydrogen) atoms. The normalized spacial score (nSPS) is 15.0. The van der Waals surface area contributed by atoms with Crippen LogP contribution in [0.4, 0.5) is 5.69 Å². The second-order valence-electron chi connectivity index (χ2n) is 6.51. The molecule has 1 aliphatic heterocycles. The fourth-order valence-corrected chi connectivity index (χ4v) is 4.84. The Morgan fingerprint density at radius 2 is 1.76 bits per heavy atom. The summed E-state index contributed by atoms with van der Waals surface area (Å²) in [5.41, 5.74) is 0.439. The van der Waals surface area contributed by atoms with Crippen molar-refractivity contribution in [2.45, 2.75) is 11.8 Å². The fourth-order valence-electron chi connectivity index (χ4n) is 3.28. The van der Waals surface area contributed by atoms with E-state index in [2.05, 4.69) is 0 Å². The van der Waals surface area contributed by atoms with Crippen LogP contribution in [0, 0.1) is 28.4 Å². The Bertz CT molecular complexity index is 1120. The minimum Gasteiger partial charge on any atom is -0.336 e. The van der Waals surface area contributed by atoms with Crippen molar-refractivity contribution in [3.8, 4) is 6.07 Å². The summed E-state index contributed by atoms with van der Waals surface area (Å²) in [5.74, 6) is -0.374. The van der Waals surface area contributed by atoms with Gasteiger partial charge in [0.05, 0.1) is 15.4 Å². The monoisotopic (exact) mass is 414 g/mol. The number of hydrogen-bond donors (Lipinski definition) is 0. The number of carbonyl (C=O) groups excluding carboxylic acids is 1. The number of piperazine rings is 1. The van der Waals surface area contributed by atoms with Crippen LogP contribution in [0.5, 0.6) is 0 Å². The highest BCUT2D eigenvalue weighted by molar-refractivity contribution is 7.89. The van der Waals surface area contributed by atoms with Gasteiger partial charge in [0.1, 0.15) is 6.07 Å². The average Bonchev–Trinajstić information content (AvgIpc) is 2.73. The van der Waals surface area contributed by atoms with Crippen molar-refractivity contribution in [1.82, 2.24) is 9.21 Å². The summed E-state index contributed by atoms with van der Waals surface area (Å²) in [6.45, 7) is 1.96. The lowest BCUT2D eigenvalue weighted by atomic mass is 10.1. The number of carbonyl (C=O) groups is 1. The summed E-state index contributed by atoms with van der Waals surface area (Å²) in [4.78, 5) is 24.8. The second kappa shape index (κ2) is 7.98. The molecule has 0 bridgehead atoms. The van der Waals surface area contributed by atoms with E-state index in [9.17, 15) is 28.6 Å². The van der Waals surface area contributed by atoms with Crippen LogP contribution in [-0.4, -0.2) is 54.6 Å². The third kappa shape index (κ3) is 3.83. The van der Waals surface area contributed by atoms with E-state index in [4.69, 9.17) is 0 Å². The molecule has 0 atom stereocenters. The van der Waals surface area contributed by atoms with Gasteiger partial charge < -0.3 is 4.90 Å². The third-order valence-corrected chi connectivity index (χ3v) is 6.84. The molecule has 10 heteroatoms. The summed E-state index contributed by atoms with van der Waals surface area (Å²) < 4.78 is 27.0. The van der Waals surface area contributed by atoms with Crippen molar-refractivity contribution < 1.29 is 18.1 Å². The lowest BCUT2D eigenvalue weighted by molar-refractivity contribution is -0.385. The molecule has 0 aliphatic carbocycles. The van der Waals surface area contributed by atoms with Crippen molar-refractivity contribution in [3.05, 3.63) is 69.3 Å². The first-order valence-electron chi connectivity index (χ1n) is 8.80. The summed E-state index contributed by atoms with van der Waals surface area (Å²) in [5, 5.41) is 20.3. The van der Waals surface area contributed by atoms with E-state index in [-0.39, 0.29) is 59.4 Å². The van der Waals surface area contributed by atoms with Gasteiger partial charge >= 0.3 is 0 Å². The lowest BCUT2D eigenvalue weighted by Gasteiger charge is -2.34. The van der Waals surface area contributed by atoms with Crippen LogP contribution in [0.2, 0.25) is 0 Å². The molecule has 2 aromatic rings. The number of nitro benzene ring substituents is 1. The number of benzene rings is 2. The van der Waals surface area contributed by atoms with Gasteiger partial charge in [0.2, 0.25) is 10.0 Å². The van der Waals surface area contributed by atoms with Gasteiger partial charge in [-0.05, 0) is 25.1 Å². The molecule has 1 aliphatic rings. The molecule has 3 rings (SSSR count). The van der Waals surface area contributed by atoms with Gasteiger partial charge in [-0.2, -0.15) is 9.57 Å². The summed E-state index contributed by atoms with van der Waals surface area (Å²) in [6.07, 6.45) is 0.